The minimum Gasteiger partial charge on any atom is -0.324 e. The molecule has 1 atom stereocenters. The second-order valence-electron chi connectivity index (χ2n) is 4.30. The van der Waals surface area contributed by atoms with Crippen LogP contribution in [-0.4, -0.2) is 0 Å². The van der Waals surface area contributed by atoms with Gasteiger partial charge in [0, 0.05) is 20.6 Å². The van der Waals surface area contributed by atoms with Gasteiger partial charge in [0.05, 0.1) is 4.47 Å². The molecule has 0 aromatic heterocycles. The third-order valence-corrected chi connectivity index (χ3v) is 4.72. The molecule has 0 saturated heterocycles. The average Bonchev–Trinajstić information content (AvgIpc) is 2.39. The lowest BCUT2D eigenvalue weighted by Crippen LogP contribution is -2.16. The maximum absolute atomic E-state index is 13.9. The van der Waals surface area contributed by atoms with E-state index in [1.807, 2.05) is 18.2 Å². The molecule has 0 bridgehead atoms. The van der Waals surface area contributed by atoms with Gasteiger partial charge in [0.1, 0.15) is 11.6 Å². The first-order valence-electron chi connectivity index (χ1n) is 5.73. The van der Waals surface area contributed by atoms with Gasteiger partial charge in [-0.15, -0.1) is 0 Å². The van der Waals surface area contributed by atoms with Gasteiger partial charge < -0.3 is 5.73 Å². The van der Waals surface area contributed by atoms with Crippen LogP contribution in [0, 0.1) is 11.6 Å². The molecule has 1 unspecified atom stereocenters. The highest BCUT2D eigenvalue weighted by molar-refractivity contribution is 9.11. The van der Waals surface area contributed by atoms with Gasteiger partial charge in [0.15, 0.2) is 0 Å². The second-order valence-corrected chi connectivity index (χ2v) is 6.92. The van der Waals surface area contributed by atoms with E-state index >= 15 is 0 Å². The lowest BCUT2D eigenvalue weighted by Gasteiger charge is -2.15. The Bertz CT molecular complexity index is 647. The number of hydrogen-bond donors (Lipinski definition) is 1. The van der Waals surface area contributed by atoms with E-state index < -0.39 is 17.7 Å². The summed E-state index contributed by atoms with van der Waals surface area (Å²) in [6.45, 7) is 0. The van der Waals surface area contributed by atoms with Crippen LogP contribution in [0.4, 0.5) is 8.78 Å². The third kappa shape index (κ3) is 3.47. The van der Waals surface area contributed by atoms with Crippen molar-refractivity contribution in [2.24, 2.45) is 5.73 Å². The number of halogens is 5. The van der Waals surface area contributed by atoms with E-state index in [4.69, 9.17) is 5.73 Å². The fourth-order valence-corrected chi connectivity index (χ4v) is 3.60. The zero-order chi connectivity index (χ0) is 14.9. The summed E-state index contributed by atoms with van der Waals surface area (Å²) in [6, 6.07) is 7.58. The molecule has 0 spiro atoms. The zero-order valence-corrected chi connectivity index (χ0v) is 14.9. The standard InChI is InChI=1S/C14H10Br3F2N/c15-7-1-2-8(11(17)5-7)13(20)6-9-12(18)4-3-10(16)14(9)19/h1-5,13H,6,20H2. The van der Waals surface area contributed by atoms with Gasteiger partial charge in [-0.3, -0.25) is 0 Å². The number of rotatable bonds is 3. The van der Waals surface area contributed by atoms with Crippen molar-refractivity contribution in [3.63, 3.8) is 0 Å². The van der Waals surface area contributed by atoms with Crippen molar-refractivity contribution in [3.8, 4) is 0 Å². The summed E-state index contributed by atoms with van der Waals surface area (Å²) in [5, 5.41) is 0. The van der Waals surface area contributed by atoms with Gasteiger partial charge in [-0.05, 0) is 52.2 Å². The molecule has 106 valence electrons. The highest BCUT2D eigenvalue weighted by Gasteiger charge is 2.18. The van der Waals surface area contributed by atoms with Crippen molar-refractivity contribution in [1.29, 1.82) is 0 Å². The molecule has 0 amide bonds. The van der Waals surface area contributed by atoms with Crippen molar-refractivity contribution in [2.75, 3.05) is 0 Å². The van der Waals surface area contributed by atoms with Crippen LogP contribution in [0.25, 0.3) is 0 Å². The normalized spacial score (nSPS) is 12.5. The summed E-state index contributed by atoms with van der Waals surface area (Å²) in [6.07, 6.45) is 0.0807. The predicted octanol–water partition coefficient (Wildman–Crippen LogP) is 5.49. The van der Waals surface area contributed by atoms with E-state index in [1.54, 1.807) is 0 Å². The van der Waals surface area contributed by atoms with Crippen LogP contribution < -0.4 is 5.73 Å². The fraction of sp³-hybridized carbons (Fsp3) is 0.143. The van der Waals surface area contributed by atoms with E-state index in [0.717, 1.165) is 14.5 Å². The molecule has 20 heavy (non-hydrogen) atoms. The molecule has 0 heterocycles. The van der Waals surface area contributed by atoms with Crippen molar-refractivity contribution >= 4 is 47.8 Å². The van der Waals surface area contributed by atoms with Crippen LogP contribution >= 0.6 is 47.8 Å². The molecule has 6 heteroatoms. The van der Waals surface area contributed by atoms with Crippen LogP contribution in [0.5, 0.6) is 0 Å². The van der Waals surface area contributed by atoms with Gasteiger partial charge in [0.2, 0.25) is 0 Å². The van der Waals surface area contributed by atoms with Gasteiger partial charge in [0.25, 0.3) is 0 Å². The molecule has 0 aliphatic carbocycles. The molecular formula is C14H10Br3F2N. The molecule has 2 aromatic carbocycles. The minimum absolute atomic E-state index is 0.0123. The van der Waals surface area contributed by atoms with E-state index in [2.05, 4.69) is 47.8 Å². The lowest BCUT2D eigenvalue weighted by molar-refractivity contribution is 0.535. The highest BCUT2D eigenvalue weighted by Crippen LogP contribution is 2.30. The molecule has 2 aromatic rings. The zero-order valence-electron chi connectivity index (χ0n) is 10.1. The largest absolute Gasteiger partial charge is 0.324 e. The molecule has 0 radical (unpaired) electrons. The lowest BCUT2D eigenvalue weighted by atomic mass is 9.99. The Morgan fingerprint density at radius 3 is 2.35 bits per heavy atom. The predicted molar refractivity (Wildman–Crippen MR) is 86.5 cm³/mol. The molecule has 2 N–H and O–H groups in total. The summed E-state index contributed by atoms with van der Waals surface area (Å²) < 4.78 is 29.6. The Labute approximate surface area is 140 Å². The molecule has 0 fully saturated rings. The monoisotopic (exact) mass is 467 g/mol. The Morgan fingerprint density at radius 2 is 1.70 bits per heavy atom. The Balaban J connectivity index is 2.32. The summed E-state index contributed by atoms with van der Waals surface area (Å²) in [7, 11) is 0. The van der Waals surface area contributed by atoms with Gasteiger partial charge in [-0.2, -0.15) is 0 Å². The van der Waals surface area contributed by atoms with Crippen molar-refractivity contribution in [3.05, 3.63) is 66.5 Å². The summed E-state index contributed by atoms with van der Waals surface area (Å²) in [5.74, 6) is -1.19. The first-order valence-corrected chi connectivity index (χ1v) is 8.11. The smallest absolute Gasteiger partial charge is 0.143 e. The number of hydrogen-bond acceptors (Lipinski definition) is 1. The first-order chi connectivity index (χ1) is 9.40. The maximum Gasteiger partial charge on any atom is 0.143 e. The molecule has 0 aliphatic heterocycles. The quantitative estimate of drug-likeness (QED) is 0.591. The Kier molecular flexibility index (Phi) is 5.34. The van der Waals surface area contributed by atoms with Crippen LogP contribution in [0.15, 0.2) is 43.7 Å². The molecular weight excluding hydrogens is 460 g/mol. The van der Waals surface area contributed by atoms with Crippen molar-refractivity contribution in [2.45, 2.75) is 12.5 Å². The van der Waals surface area contributed by atoms with Gasteiger partial charge in [-0.1, -0.05) is 37.9 Å². The van der Waals surface area contributed by atoms with E-state index in [-0.39, 0.29) is 16.5 Å². The fourth-order valence-electron chi connectivity index (χ4n) is 1.89. The Morgan fingerprint density at radius 1 is 1.00 bits per heavy atom. The van der Waals surface area contributed by atoms with Crippen LogP contribution in [-0.2, 0) is 6.42 Å². The highest BCUT2D eigenvalue weighted by atomic mass is 79.9. The summed E-state index contributed by atoms with van der Waals surface area (Å²) in [5.41, 5.74) is 6.86. The van der Waals surface area contributed by atoms with Crippen LogP contribution in [0.3, 0.4) is 0 Å². The Hall–Kier alpha value is -0.300. The number of benzene rings is 2. The minimum atomic E-state index is -0.603. The topological polar surface area (TPSA) is 26.0 Å². The first kappa shape index (κ1) is 16.1. The van der Waals surface area contributed by atoms with Gasteiger partial charge >= 0.3 is 0 Å². The van der Waals surface area contributed by atoms with Gasteiger partial charge in [-0.25, -0.2) is 8.78 Å². The van der Waals surface area contributed by atoms with Crippen LogP contribution in [0.1, 0.15) is 17.2 Å². The van der Waals surface area contributed by atoms with Crippen molar-refractivity contribution < 1.29 is 8.78 Å². The maximum atomic E-state index is 13.9. The number of nitrogens with two attached hydrogens (primary N) is 1. The molecule has 0 aliphatic rings. The summed E-state index contributed by atoms with van der Waals surface area (Å²) in [4.78, 5) is 0. The second kappa shape index (κ2) is 6.64. The average molecular weight is 470 g/mol. The van der Waals surface area contributed by atoms with Crippen molar-refractivity contribution in [1.82, 2.24) is 0 Å². The SMILES string of the molecule is NC(Cc1c(F)ccc(Br)c1F)c1ccc(Br)cc1Br. The molecule has 2 rings (SSSR count). The van der Waals surface area contributed by atoms with Crippen LogP contribution in [0.2, 0.25) is 0 Å². The third-order valence-electron chi connectivity index (χ3n) is 2.92. The van der Waals surface area contributed by atoms with E-state index in [1.165, 1.54) is 12.1 Å². The molecule has 0 saturated carbocycles. The van der Waals surface area contributed by atoms with E-state index in [9.17, 15) is 8.78 Å². The molecule has 1 nitrogen and oxygen atoms in total. The van der Waals surface area contributed by atoms with E-state index in [0.29, 0.717) is 0 Å². The summed E-state index contributed by atoms with van der Waals surface area (Å²) >= 11 is 9.81.